The third-order valence-corrected chi connectivity index (χ3v) is 3.10. The number of nitrogens with two attached hydrogens (primary N) is 1. The van der Waals surface area contributed by atoms with Crippen LogP contribution >= 0.6 is 23.2 Å². The maximum absolute atomic E-state index is 6.07. The lowest BCUT2D eigenvalue weighted by atomic mass is 10.1. The van der Waals surface area contributed by atoms with Crippen molar-refractivity contribution in [2.75, 3.05) is 0 Å². The normalized spacial score (nSPS) is 10.4. The van der Waals surface area contributed by atoms with Crippen molar-refractivity contribution in [2.24, 2.45) is 5.73 Å². The fourth-order valence-corrected chi connectivity index (χ4v) is 1.92. The molecule has 94 valence electrons. The SMILES string of the molecule is Cc1ccc(CN)c(Oc2cc(Cl)ccc2Cl)c1. The first-order valence-corrected chi connectivity index (χ1v) is 6.28. The number of rotatable bonds is 3. The first-order valence-electron chi connectivity index (χ1n) is 5.52. The van der Waals surface area contributed by atoms with Crippen LogP contribution in [0.25, 0.3) is 0 Å². The second-order valence-electron chi connectivity index (χ2n) is 3.99. The van der Waals surface area contributed by atoms with Crippen LogP contribution in [0, 0.1) is 6.92 Å². The van der Waals surface area contributed by atoms with Crippen molar-refractivity contribution in [3.05, 3.63) is 57.6 Å². The first-order chi connectivity index (χ1) is 8.60. The molecule has 0 aliphatic rings. The monoisotopic (exact) mass is 281 g/mol. The van der Waals surface area contributed by atoms with E-state index in [1.807, 2.05) is 25.1 Å². The van der Waals surface area contributed by atoms with Gasteiger partial charge in [0.1, 0.15) is 11.5 Å². The van der Waals surface area contributed by atoms with Gasteiger partial charge in [-0.2, -0.15) is 0 Å². The number of hydrogen-bond donors (Lipinski definition) is 1. The summed E-state index contributed by atoms with van der Waals surface area (Å²) in [6.45, 7) is 2.40. The second-order valence-corrected chi connectivity index (χ2v) is 4.84. The standard InChI is InChI=1S/C14H13Cl2NO/c1-9-2-3-10(8-17)13(6-9)18-14-7-11(15)4-5-12(14)16/h2-7H,8,17H2,1H3. The van der Waals surface area contributed by atoms with Crippen molar-refractivity contribution in [2.45, 2.75) is 13.5 Å². The van der Waals surface area contributed by atoms with Gasteiger partial charge in [0.2, 0.25) is 0 Å². The zero-order valence-electron chi connectivity index (χ0n) is 9.91. The topological polar surface area (TPSA) is 35.2 Å². The Morgan fingerprint density at radius 3 is 2.56 bits per heavy atom. The van der Waals surface area contributed by atoms with E-state index >= 15 is 0 Å². The lowest BCUT2D eigenvalue weighted by Gasteiger charge is -2.12. The smallest absolute Gasteiger partial charge is 0.147 e. The third-order valence-electron chi connectivity index (χ3n) is 2.56. The van der Waals surface area contributed by atoms with Crippen molar-refractivity contribution >= 4 is 23.2 Å². The highest BCUT2D eigenvalue weighted by Crippen LogP contribution is 2.33. The van der Waals surface area contributed by atoms with E-state index in [-0.39, 0.29) is 0 Å². The summed E-state index contributed by atoms with van der Waals surface area (Å²) in [5, 5.41) is 1.10. The maximum Gasteiger partial charge on any atom is 0.147 e. The van der Waals surface area contributed by atoms with Crippen molar-refractivity contribution in [3.63, 3.8) is 0 Å². The molecule has 0 fully saturated rings. The molecule has 0 aliphatic carbocycles. The average Bonchev–Trinajstić information content (AvgIpc) is 2.34. The quantitative estimate of drug-likeness (QED) is 0.896. The molecule has 2 aromatic carbocycles. The average molecular weight is 282 g/mol. The molecule has 2 rings (SSSR count). The molecule has 2 N–H and O–H groups in total. The highest BCUT2D eigenvalue weighted by molar-refractivity contribution is 6.34. The highest BCUT2D eigenvalue weighted by Gasteiger charge is 2.08. The van der Waals surface area contributed by atoms with Crippen LogP contribution in [0.15, 0.2) is 36.4 Å². The molecular weight excluding hydrogens is 269 g/mol. The Kier molecular flexibility index (Phi) is 4.12. The highest BCUT2D eigenvalue weighted by atomic mass is 35.5. The Balaban J connectivity index is 2.38. The van der Waals surface area contributed by atoms with Crippen LogP contribution in [0.3, 0.4) is 0 Å². The van der Waals surface area contributed by atoms with Crippen LogP contribution in [0.4, 0.5) is 0 Å². The fourth-order valence-electron chi connectivity index (χ4n) is 1.60. The number of aryl methyl sites for hydroxylation is 1. The zero-order valence-corrected chi connectivity index (χ0v) is 11.4. The summed E-state index contributed by atoms with van der Waals surface area (Å²) in [5.41, 5.74) is 7.71. The van der Waals surface area contributed by atoms with Crippen LogP contribution in [-0.4, -0.2) is 0 Å². The number of ether oxygens (including phenoxy) is 1. The van der Waals surface area contributed by atoms with Gasteiger partial charge in [0, 0.05) is 23.2 Å². The predicted octanol–water partition coefficient (Wildman–Crippen LogP) is 4.55. The molecule has 2 aromatic rings. The Hall–Kier alpha value is -1.22. The Bertz CT molecular complexity index is 570. The molecule has 0 heterocycles. The molecule has 18 heavy (non-hydrogen) atoms. The van der Waals surface area contributed by atoms with E-state index in [0.29, 0.717) is 28.1 Å². The molecule has 0 saturated carbocycles. The summed E-state index contributed by atoms with van der Waals surface area (Å²) in [6, 6.07) is 11.0. The van der Waals surface area contributed by atoms with E-state index in [1.54, 1.807) is 18.2 Å². The lowest BCUT2D eigenvalue weighted by molar-refractivity contribution is 0.476. The van der Waals surface area contributed by atoms with Crippen LogP contribution in [-0.2, 0) is 6.54 Å². The molecule has 0 aliphatic heterocycles. The zero-order chi connectivity index (χ0) is 13.1. The molecular formula is C14H13Cl2NO. The van der Waals surface area contributed by atoms with Gasteiger partial charge in [-0.25, -0.2) is 0 Å². The summed E-state index contributed by atoms with van der Waals surface area (Å²) in [4.78, 5) is 0. The van der Waals surface area contributed by atoms with Crippen molar-refractivity contribution in [3.8, 4) is 11.5 Å². The predicted molar refractivity (Wildman–Crippen MR) is 75.6 cm³/mol. The summed E-state index contributed by atoms with van der Waals surface area (Å²) < 4.78 is 5.80. The molecule has 0 bridgehead atoms. The van der Waals surface area contributed by atoms with E-state index in [2.05, 4.69) is 0 Å². The van der Waals surface area contributed by atoms with Crippen LogP contribution in [0.5, 0.6) is 11.5 Å². The maximum atomic E-state index is 6.07. The third kappa shape index (κ3) is 2.96. The van der Waals surface area contributed by atoms with Gasteiger partial charge < -0.3 is 10.5 Å². The summed E-state index contributed by atoms with van der Waals surface area (Å²) in [7, 11) is 0. The minimum absolute atomic E-state index is 0.411. The van der Waals surface area contributed by atoms with Gasteiger partial charge >= 0.3 is 0 Å². The Morgan fingerprint density at radius 2 is 1.83 bits per heavy atom. The van der Waals surface area contributed by atoms with Crippen LogP contribution < -0.4 is 10.5 Å². The molecule has 0 radical (unpaired) electrons. The van der Waals surface area contributed by atoms with E-state index in [1.165, 1.54) is 0 Å². The molecule has 4 heteroatoms. The number of halogens is 2. The van der Waals surface area contributed by atoms with Gasteiger partial charge in [-0.3, -0.25) is 0 Å². The molecule has 0 atom stereocenters. The molecule has 0 amide bonds. The minimum Gasteiger partial charge on any atom is -0.455 e. The Morgan fingerprint density at radius 1 is 1.06 bits per heavy atom. The second kappa shape index (κ2) is 5.61. The van der Waals surface area contributed by atoms with Gasteiger partial charge in [0.15, 0.2) is 0 Å². The van der Waals surface area contributed by atoms with Crippen molar-refractivity contribution < 1.29 is 4.74 Å². The summed E-state index contributed by atoms with van der Waals surface area (Å²) in [6.07, 6.45) is 0. The van der Waals surface area contributed by atoms with E-state index in [4.69, 9.17) is 33.7 Å². The van der Waals surface area contributed by atoms with Gasteiger partial charge in [-0.15, -0.1) is 0 Å². The number of benzene rings is 2. The Labute approximate surface area is 116 Å². The molecule has 2 nitrogen and oxygen atoms in total. The lowest BCUT2D eigenvalue weighted by Crippen LogP contribution is -2.00. The molecule has 0 aromatic heterocycles. The minimum atomic E-state index is 0.411. The summed E-state index contributed by atoms with van der Waals surface area (Å²) in [5.74, 6) is 1.24. The van der Waals surface area contributed by atoms with Gasteiger partial charge in [0.25, 0.3) is 0 Å². The van der Waals surface area contributed by atoms with Crippen molar-refractivity contribution in [1.82, 2.24) is 0 Å². The van der Waals surface area contributed by atoms with Crippen LogP contribution in [0.1, 0.15) is 11.1 Å². The largest absolute Gasteiger partial charge is 0.455 e. The van der Waals surface area contributed by atoms with E-state index < -0.39 is 0 Å². The molecule has 0 spiro atoms. The van der Waals surface area contributed by atoms with Crippen molar-refractivity contribution in [1.29, 1.82) is 0 Å². The van der Waals surface area contributed by atoms with Gasteiger partial charge in [-0.1, -0.05) is 35.3 Å². The van der Waals surface area contributed by atoms with Gasteiger partial charge in [0.05, 0.1) is 5.02 Å². The number of hydrogen-bond acceptors (Lipinski definition) is 2. The molecule has 0 unspecified atom stereocenters. The molecule has 0 saturated heterocycles. The van der Waals surface area contributed by atoms with Gasteiger partial charge in [-0.05, 0) is 30.7 Å². The summed E-state index contributed by atoms with van der Waals surface area (Å²) >= 11 is 12.0. The fraction of sp³-hybridized carbons (Fsp3) is 0.143. The van der Waals surface area contributed by atoms with E-state index in [9.17, 15) is 0 Å². The van der Waals surface area contributed by atoms with E-state index in [0.717, 1.165) is 11.1 Å². The first kappa shape index (κ1) is 13.2. The van der Waals surface area contributed by atoms with Crippen LogP contribution in [0.2, 0.25) is 10.0 Å².